The van der Waals surface area contributed by atoms with Crippen molar-refractivity contribution >= 4 is 141 Å². The lowest BCUT2D eigenvalue weighted by Crippen LogP contribution is -2.30. The molecule has 556 valence electrons. The van der Waals surface area contributed by atoms with E-state index in [4.69, 9.17) is 8.75 Å². The first-order valence-electron chi connectivity index (χ1n) is 40.6. The smallest absolute Gasteiger partial charge is 0.152 e. The van der Waals surface area contributed by atoms with Gasteiger partial charge in [0.2, 0.25) is 0 Å². The van der Waals surface area contributed by atoms with Crippen LogP contribution in [0.2, 0.25) is 0 Å². The highest BCUT2D eigenvalue weighted by molar-refractivity contribution is 7.79. The molecule has 0 saturated heterocycles. The fourth-order valence-electron chi connectivity index (χ4n) is 17.9. The number of thiol groups is 1. The molecule has 2 unspecified atom stereocenters. The van der Waals surface area contributed by atoms with Crippen LogP contribution < -0.4 is 0 Å². The fourth-order valence-corrected chi connectivity index (χ4v) is 26.1. The van der Waals surface area contributed by atoms with Gasteiger partial charge in [0.1, 0.15) is 16.7 Å². The maximum absolute atomic E-state index is 12.7. The maximum Gasteiger partial charge on any atom is 0.152 e. The van der Waals surface area contributed by atoms with E-state index in [1.165, 1.54) is 255 Å². The van der Waals surface area contributed by atoms with Crippen molar-refractivity contribution in [1.29, 1.82) is 5.41 Å². The SMILES string of the molecule is CCCCCCc1cc(C)cc(C2(c3cc(CCCCCC)cc(CCCCCC)c3)c3cc(C4=CC=C(C=O)C(=NS)C4=N)sc3-c3sc4c5c(sc4c32)-c2sc3cc(-c4ccc(C=O)c6nsnc46)sc3c2C5(c2cc(C)cc(CCCCCC)c2)c2cc(CCCCCC)cc(CCCCCC)c2)c1. The number of thiophene rings is 5. The van der Waals surface area contributed by atoms with Crippen LogP contribution in [-0.2, 0) is 54.1 Å². The summed E-state index contributed by atoms with van der Waals surface area (Å²) < 4.78 is 19.4. The van der Waals surface area contributed by atoms with E-state index >= 15 is 0 Å². The zero-order valence-corrected chi connectivity index (χ0v) is 70.1. The van der Waals surface area contributed by atoms with E-state index in [0.29, 0.717) is 22.4 Å². The van der Waals surface area contributed by atoms with Crippen molar-refractivity contribution in [1.82, 2.24) is 8.75 Å². The van der Waals surface area contributed by atoms with Crippen molar-refractivity contribution in [2.45, 2.75) is 259 Å². The van der Waals surface area contributed by atoms with Crippen LogP contribution in [0.15, 0.2) is 119 Å². The number of nitrogens with zero attached hydrogens (tertiary/aromatic N) is 3. The first-order chi connectivity index (χ1) is 52.4. The Labute approximate surface area is 666 Å². The van der Waals surface area contributed by atoms with Gasteiger partial charge in [-0.2, -0.15) is 8.75 Å². The van der Waals surface area contributed by atoms with Crippen molar-refractivity contribution in [3.05, 3.63) is 214 Å². The molecule has 6 aromatic heterocycles. The minimum atomic E-state index is -0.774. The van der Waals surface area contributed by atoms with Gasteiger partial charge in [-0.3, -0.25) is 15.0 Å². The summed E-state index contributed by atoms with van der Waals surface area (Å²) in [7, 11) is 0. The summed E-state index contributed by atoms with van der Waals surface area (Å²) in [4.78, 5) is 32.8. The summed E-state index contributed by atoms with van der Waals surface area (Å²) in [6.07, 6.45) is 40.5. The van der Waals surface area contributed by atoms with Gasteiger partial charge in [-0.05, 0) is 189 Å². The van der Waals surface area contributed by atoms with Gasteiger partial charge in [0.05, 0.1) is 61.9 Å². The average Bonchev–Trinajstić information content (AvgIpc) is 1.48. The van der Waals surface area contributed by atoms with Crippen LogP contribution >= 0.6 is 81.2 Å². The second-order valence-electron chi connectivity index (χ2n) is 31.0. The number of aromatic nitrogens is 2. The molecule has 6 nitrogen and oxygen atoms in total. The molecule has 0 bridgehead atoms. The Morgan fingerprint density at radius 1 is 0.421 bits per heavy atom. The molecule has 0 radical (unpaired) electrons. The van der Waals surface area contributed by atoms with Crippen LogP contribution in [0.3, 0.4) is 0 Å². The maximum atomic E-state index is 12.7. The number of hydrogen-bond donors (Lipinski definition) is 2. The summed E-state index contributed by atoms with van der Waals surface area (Å²) in [5.41, 5.74) is 25.3. The number of nitrogens with one attached hydrogen (secondary N) is 1. The highest BCUT2D eigenvalue weighted by Crippen LogP contribution is 2.72. The van der Waals surface area contributed by atoms with Gasteiger partial charge < -0.3 is 0 Å². The Hall–Kier alpha value is -6.55. The Kier molecular flexibility index (Phi) is 25.1. The molecule has 2 atom stereocenters. The van der Waals surface area contributed by atoms with Crippen molar-refractivity contribution in [2.75, 3.05) is 0 Å². The normalized spacial score (nSPS) is 16.4. The van der Waals surface area contributed by atoms with Crippen LogP contribution in [0.1, 0.15) is 300 Å². The van der Waals surface area contributed by atoms with E-state index < -0.39 is 10.8 Å². The zero-order valence-electron chi connectivity index (χ0n) is 64.3. The van der Waals surface area contributed by atoms with Crippen molar-refractivity contribution < 1.29 is 9.59 Å². The van der Waals surface area contributed by atoms with E-state index in [0.717, 1.165) is 116 Å². The number of unbranched alkanes of at least 4 members (excludes halogenated alkanes) is 18. The molecule has 6 heterocycles. The number of rotatable bonds is 38. The number of allylic oxidation sites excluding steroid dienone is 4. The third-order valence-electron chi connectivity index (χ3n) is 23.1. The highest BCUT2D eigenvalue weighted by atomic mass is 32.1. The van der Waals surface area contributed by atoms with Crippen molar-refractivity contribution in [3.63, 3.8) is 0 Å². The molecule has 0 amide bonds. The molecular formula is C94H106N4O2S7. The van der Waals surface area contributed by atoms with E-state index in [1.807, 2.05) is 52.2 Å². The Balaban J connectivity index is 1.14. The van der Waals surface area contributed by atoms with Crippen LogP contribution in [0.4, 0.5) is 0 Å². The van der Waals surface area contributed by atoms with E-state index in [9.17, 15) is 15.0 Å². The largest absolute Gasteiger partial charge is 0.298 e. The second-order valence-corrected chi connectivity index (χ2v) is 36.9. The number of benzene rings is 5. The standard InChI is InChI=1S/C94H106N4O2S7/c1-9-15-21-27-33-61-43-59(7)45-69(49-61)93(71-51-63(35-29-23-17-11-3)47-64(52-71)36-30-24-18-12-4)75-55-76(73-41-39-67(57-99)83(96-101)82(73)95)102-86(75)88-80(93)90-92(105-88)81-91(106-90)89-79(87-78(104-89)56-77(103-87)74-42-40-68(58-100)84-85(74)98-107-97-84)94(81,70-46-60(8)44-62(50-70)34-28-22-16-10-2)72-53-65(37-31-25-19-13-5)48-66(54-72)38-32-26-20-14-6/h39-58,95,101H,9-38H2,1-8H3. The number of hydrogen-bond acceptors (Lipinski definition) is 13. The van der Waals surface area contributed by atoms with Crippen LogP contribution in [-0.4, -0.2) is 32.7 Å². The van der Waals surface area contributed by atoms with Crippen molar-refractivity contribution in [3.8, 4) is 29.9 Å². The monoisotopic (exact) mass is 1550 g/mol. The van der Waals surface area contributed by atoms with Crippen LogP contribution in [0.25, 0.3) is 65.4 Å². The van der Waals surface area contributed by atoms with Crippen LogP contribution in [0, 0.1) is 19.3 Å². The van der Waals surface area contributed by atoms with Gasteiger partial charge in [0, 0.05) is 53.4 Å². The van der Waals surface area contributed by atoms with Crippen LogP contribution in [0.5, 0.6) is 0 Å². The molecule has 5 aromatic carbocycles. The minimum Gasteiger partial charge on any atom is -0.298 e. The molecule has 13 heteroatoms. The molecule has 3 aliphatic carbocycles. The molecular weight excluding hydrogens is 1440 g/mol. The van der Waals surface area contributed by atoms with Gasteiger partial charge >= 0.3 is 0 Å². The minimum absolute atomic E-state index is 0.221. The van der Waals surface area contributed by atoms with E-state index in [-0.39, 0.29) is 5.71 Å². The first-order valence-corrected chi connectivity index (χ1v) is 45.8. The van der Waals surface area contributed by atoms with Gasteiger partial charge in [-0.15, -0.1) is 56.7 Å². The predicted octanol–water partition coefficient (Wildman–Crippen LogP) is 28.7. The molecule has 0 saturated carbocycles. The van der Waals surface area contributed by atoms with Gasteiger partial charge in [0.25, 0.3) is 0 Å². The molecule has 1 N–H and O–H groups in total. The first kappa shape index (κ1) is 77.2. The fraction of sp³-hybridized carbons (Fsp3) is 0.426. The van der Waals surface area contributed by atoms with E-state index in [1.54, 1.807) is 0 Å². The summed E-state index contributed by atoms with van der Waals surface area (Å²) in [6, 6.07) is 40.4. The Bertz CT molecular complexity index is 5130. The number of aryl methyl sites for hydroxylation is 8. The molecule has 14 rings (SSSR count). The predicted molar refractivity (Wildman–Crippen MR) is 470 cm³/mol. The van der Waals surface area contributed by atoms with Gasteiger partial charge in [-0.1, -0.05) is 253 Å². The molecule has 107 heavy (non-hydrogen) atoms. The van der Waals surface area contributed by atoms with E-state index in [2.05, 4.69) is 186 Å². The summed E-state index contributed by atoms with van der Waals surface area (Å²) in [6.45, 7) is 18.7. The third-order valence-corrected chi connectivity index (χ3v) is 30.3. The summed E-state index contributed by atoms with van der Waals surface area (Å²) in [5, 5.41) is 9.93. The highest BCUT2D eigenvalue weighted by Gasteiger charge is 2.56. The summed E-state index contributed by atoms with van der Waals surface area (Å²) >= 11 is 15.5. The molecule has 0 spiro atoms. The van der Waals surface area contributed by atoms with Gasteiger partial charge in [0.15, 0.2) is 12.6 Å². The quantitative estimate of drug-likeness (QED) is 0.0174. The number of fused-ring (bicyclic) bond motifs is 12. The Morgan fingerprint density at radius 2 is 0.850 bits per heavy atom. The summed E-state index contributed by atoms with van der Waals surface area (Å²) in [5.74, 6) is 0. The number of carbonyl (C=O) groups excluding carboxylic acids is 2. The third kappa shape index (κ3) is 14.9. The second kappa shape index (κ2) is 34.8. The topological polar surface area (TPSA) is 96.1 Å². The zero-order chi connectivity index (χ0) is 74.3. The molecule has 11 aromatic rings. The molecule has 0 aliphatic heterocycles. The number of carbonyl (C=O) groups is 2. The lowest BCUT2D eigenvalue weighted by molar-refractivity contribution is -0.104. The Morgan fingerprint density at radius 3 is 1.33 bits per heavy atom. The molecule has 0 fully saturated rings. The average molecular weight is 1550 g/mol. The lowest BCUT2D eigenvalue weighted by atomic mass is 9.66. The van der Waals surface area contributed by atoms with Gasteiger partial charge in [-0.25, -0.2) is 4.40 Å². The molecule has 3 aliphatic rings. The van der Waals surface area contributed by atoms with Crippen molar-refractivity contribution in [2.24, 2.45) is 4.40 Å². The lowest BCUT2D eigenvalue weighted by Gasteiger charge is -2.35. The number of aldehydes is 2.